The normalized spacial score (nSPS) is 21.1. The van der Waals surface area contributed by atoms with Gasteiger partial charge in [0.1, 0.15) is 0 Å². The van der Waals surface area contributed by atoms with Crippen LogP contribution in [0.5, 0.6) is 0 Å². The van der Waals surface area contributed by atoms with Crippen LogP contribution in [0.3, 0.4) is 0 Å². The van der Waals surface area contributed by atoms with Crippen LogP contribution in [-0.2, 0) is 11.2 Å². The molecule has 0 spiro atoms. The first kappa shape index (κ1) is 14.8. The third-order valence-corrected chi connectivity index (χ3v) is 3.87. The number of rotatable bonds is 5. The molecular formula is C17H23NO2. The van der Waals surface area contributed by atoms with Gasteiger partial charge in [0.25, 0.3) is 0 Å². The Morgan fingerprint density at radius 2 is 2.15 bits per heavy atom. The summed E-state index contributed by atoms with van der Waals surface area (Å²) in [7, 11) is 0. The van der Waals surface area contributed by atoms with Crippen molar-refractivity contribution in [1.29, 1.82) is 0 Å². The van der Waals surface area contributed by atoms with Crippen LogP contribution >= 0.6 is 0 Å². The number of aliphatic hydroxyl groups is 1. The smallest absolute Gasteiger partial charge is 0.220 e. The molecule has 0 saturated carbocycles. The van der Waals surface area contributed by atoms with Crippen molar-refractivity contribution in [3.8, 4) is 0 Å². The van der Waals surface area contributed by atoms with E-state index in [1.807, 2.05) is 12.2 Å². The summed E-state index contributed by atoms with van der Waals surface area (Å²) >= 11 is 0. The Bertz CT molecular complexity index is 508. The second-order valence-electron chi connectivity index (χ2n) is 5.67. The van der Waals surface area contributed by atoms with Crippen LogP contribution in [-0.4, -0.2) is 23.7 Å². The van der Waals surface area contributed by atoms with Crippen LogP contribution in [0.15, 0.2) is 30.4 Å². The molecule has 0 radical (unpaired) electrons. The second-order valence-corrected chi connectivity index (χ2v) is 5.67. The Morgan fingerprint density at radius 1 is 1.35 bits per heavy atom. The van der Waals surface area contributed by atoms with E-state index in [9.17, 15) is 4.79 Å². The number of carbonyl (C=O) groups excluding carboxylic acids is 1. The lowest BCUT2D eigenvalue weighted by atomic mass is 10.0. The zero-order chi connectivity index (χ0) is 14.5. The quantitative estimate of drug-likeness (QED) is 0.809. The monoisotopic (exact) mass is 273 g/mol. The third-order valence-electron chi connectivity index (χ3n) is 3.87. The van der Waals surface area contributed by atoms with Crippen molar-refractivity contribution in [1.82, 2.24) is 5.32 Å². The highest BCUT2D eigenvalue weighted by molar-refractivity contribution is 5.76. The van der Waals surface area contributed by atoms with E-state index in [0.717, 1.165) is 12.8 Å². The number of aryl methyl sites for hydroxylation is 3. The predicted octanol–water partition coefficient (Wildman–Crippen LogP) is 2.29. The Morgan fingerprint density at radius 3 is 2.80 bits per heavy atom. The summed E-state index contributed by atoms with van der Waals surface area (Å²) in [6.07, 6.45) is 6.06. The van der Waals surface area contributed by atoms with Crippen LogP contribution in [0, 0.1) is 19.8 Å². The third kappa shape index (κ3) is 3.94. The molecule has 0 unspecified atom stereocenters. The molecule has 0 bridgehead atoms. The van der Waals surface area contributed by atoms with Crippen LogP contribution in [0.25, 0.3) is 0 Å². The molecule has 2 N–H and O–H groups in total. The summed E-state index contributed by atoms with van der Waals surface area (Å²) in [6, 6.07) is 6.43. The van der Waals surface area contributed by atoms with Gasteiger partial charge in [0, 0.05) is 25.0 Å². The first-order valence-electron chi connectivity index (χ1n) is 7.23. The Hall–Kier alpha value is -1.61. The Balaban J connectivity index is 1.79. The summed E-state index contributed by atoms with van der Waals surface area (Å²) in [4.78, 5) is 11.9. The summed E-state index contributed by atoms with van der Waals surface area (Å²) in [6.45, 7) is 4.32. The lowest BCUT2D eigenvalue weighted by Crippen LogP contribution is -2.33. The van der Waals surface area contributed by atoms with Gasteiger partial charge in [-0.15, -0.1) is 0 Å². The minimum atomic E-state index is 0.0817. The first-order chi connectivity index (χ1) is 9.58. The maximum absolute atomic E-state index is 11.9. The van der Waals surface area contributed by atoms with Crippen molar-refractivity contribution in [2.24, 2.45) is 5.92 Å². The number of amides is 1. The summed E-state index contributed by atoms with van der Waals surface area (Å²) in [5.41, 5.74) is 3.74. The molecule has 1 aliphatic rings. The minimum Gasteiger partial charge on any atom is -0.396 e. The van der Waals surface area contributed by atoms with Gasteiger partial charge in [-0.1, -0.05) is 35.9 Å². The van der Waals surface area contributed by atoms with E-state index < -0.39 is 0 Å². The number of carbonyl (C=O) groups is 1. The zero-order valence-corrected chi connectivity index (χ0v) is 12.2. The van der Waals surface area contributed by atoms with Gasteiger partial charge in [0.2, 0.25) is 5.91 Å². The van der Waals surface area contributed by atoms with E-state index >= 15 is 0 Å². The number of hydrogen-bond donors (Lipinski definition) is 2. The predicted molar refractivity (Wildman–Crippen MR) is 80.5 cm³/mol. The second kappa shape index (κ2) is 6.71. The van der Waals surface area contributed by atoms with E-state index in [1.54, 1.807) is 0 Å². The lowest BCUT2D eigenvalue weighted by molar-refractivity contribution is -0.121. The van der Waals surface area contributed by atoms with E-state index in [0.29, 0.717) is 6.42 Å². The molecule has 1 aromatic rings. The van der Waals surface area contributed by atoms with Crippen molar-refractivity contribution >= 4 is 5.91 Å². The Labute approximate surface area is 120 Å². The van der Waals surface area contributed by atoms with Gasteiger partial charge < -0.3 is 10.4 Å². The van der Waals surface area contributed by atoms with Crippen molar-refractivity contribution in [2.75, 3.05) is 6.61 Å². The van der Waals surface area contributed by atoms with Gasteiger partial charge in [-0.25, -0.2) is 0 Å². The summed E-state index contributed by atoms with van der Waals surface area (Å²) < 4.78 is 0. The molecule has 0 fully saturated rings. The Kier molecular flexibility index (Phi) is 4.96. The van der Waals surface area contributed by atoms with Gasteiger partial charge >= 0.3 is 0 Å². The number of hydrogen-bond acceptors (Lipinski definition) is 2. The van der Waals surface area contributed by atoms with E-state index in [4.69, 9.17) is 5.11 Å². The molecule has 0 aliphatic heterocycles. The first-order valence-corrected chi connectivity index (χ1v) is 7.23. The highest BCUT2D eigenvalue weighted by Gasteiger charge is 2.19. The molecule has 0 saturated heterocycles. The number of benzene rings is 1. The molecule has 1 amide bonds. The molecule has 2 rings (SSSR count). The van der Waals surface area contributed by atoms with Crippen LogP contribution in [0.2, 0.25) is 0 Å². The molecule has 20 heavy (non-hydrogen) atoms. The molecule has 3 heteroatoms. The topological polar surface area (TPSA) is 49.3 Å². The maximum Gasteiger partial charge on any atom is 0.220 e. The fourth-order valence-electron chi connectivity index (χ4n) is 2.67. The van der Waals surface area contributed by atoms with Gasteiger partial charge in [0.15, 0.2) is 0 Å². The van der Waals surface area contributed by atoms with Gasteiger partial charge in [-0.2, -0.15) is 0 Å². The van der Waals surface area contributed by atoms with Crippen molar-refractivity contribution in [3.63, 3.8) is 0 Å². The van der Waals surface area contributed by atoms with Gasteiger partial charge in [0.05, 0.1) is 0 Å². The van der Waals surface area contributed by atoms with Crippen molar-refractivity contribution < 1.29 is 9.90 Å². The molecular weight excluding hydrogens is 250 g/mol. The lowest BCUT2D eigenvalue weighted by Gasteiger charge is -2.13. The molecule has 1 aliphatic carbocycles. The SMILES string of the molecule is Cc1ccc(CCC(=O)N[C@@H]2C=C[C@H](CO)C2)c(C)c1. The average Bonchev–Trinajstić information content (AvgIpc) is 2.85. The standard InChI is InChI=1S/C17H23NO2/c1-12-3-5-15(13(2)9-12)6-8-17(20)18-16-7-4-14(10-16)11-19/h3-5,7,9,14,16,19H,6,8,10-11H2,1-2H3,(H,18,20)/t14-,16+/m0/s1. The molecule has 3 nitrogen and oxygen atoms in total. The van der Waals surface area contributed by atoms with Gasteiger partial charge in [-0.05, 0) is 37.8 Å². The van der Waals surface area contributed by atoms with Crippen LogP contribution in [0.1, 0.15) is 29.5 Å². The van der Waals surface area contributed by atoms with Crippen molar-refractivity contribution in [3.05, 3.63) is 47.0 Å². The van der Waals surface area contributed by atoms with Crippen LogP contribution < -0.4 is 5.32 Å². The maximum atomic E-state index is 11.9. The molecule has 108 valence electrons. The van der Waals surface area contributed by atoms with E-state index in [-0.39, 0.29) is 24.5 Å². The number of nitrogens with one attached hydrogen (secondary N) is 1. The van der Waals surface area contributed by atoms with Crippen molar-refractivity contribution in [2.45, 2.75) is 39.2 Å². The van der Waals surface area contributed by atoms with E-state index in [1.165, 1.54) is 16.7 Å². The van der Waals surface area contributed by atoms with E-state index in [2.05, 4.69) is 37.4 Å². The highest BCUT2D eigenvalue weighted by atomic mass is 16.3. The summed E-state index contributed by atoms with van der Waals surface area (Å²) in [5.74, 6) is 0.276. The molecule has 0 aromatic heterocycles. The minimum absolute atomic E-state index is 0.0817. The average molecular weight is 273 g/mol. The highest BCUT2D eigenvalue weighted by Crippen LogP contribution is 2.17. The number of aliphatic hydroxyl groups excluding tert-OH is 1. The molecule has 0 heterocycles. The fraction of sp³-hybridized carbons (Fsp3) is 0.471. The zero-order valence-electron chi connectivity index (χ0n) is 12.2. The molecule has 1 aromatic carbocycles. The van der Waals surface area contributed by atoms with Gasteiger partial charge in [-0.3, -0.25) is 4.79 Å². The summed E-state index contributed by atoms with van der Waals surface area (Å²) in [5, 5.41) is 12.1. The van der Waals surface area contributed by atoms with Crippen LogP contribution in [0.4, 0.5) is 0 Å². The largest absolute Gasteiger partial charge is 0.396 e. The fourth-order valence-corrected chi connectivity index (χ4v) is 2.67. The molecule has 2 atom stereocenters.